The van der Waals surface area contributed by atoms with Crippen LogP contribution in [0.1, 0.15) is 43.2 Å². The smallest absolute Gasteiger partial charge is 0.329 e. The number of fused-ring (bicyclic) bond motifs is 1. The minimum atomic E-state index is -0.657. The van der Waals surface area contributed by atoms with Gasteiger partial charge in [-0.05, 0) is 42.7 Å². The van der Waals surface area contributed by atoms with E-state index in [1.807, 2.05) is 18.2 Å². The molecule has 1 atom stereocenters. The zero-order valence-corrected chi connectivity index (χ0v) is 14.1. The number of hydrogen-bond acceptors (Lipinski definition) is 4. The number of para-hydroxylation sites is 1. The molecule has 1 saturated carbocycles. The fourth-order valence-electron chi connectivity index (χ4n) is 4.17. The van der Waals surface area contributed by atoms with Crippen LogP contribution < -0.4 is 11.0 Å². The summed E-state index contributed by atoms with van der Waals surface area (Å²) >= 11 is 0. The Labute approximate surface area is 144 Å². The number of aromatic nitrogens is 2. The zero-order chi connectivity index (χ0) is 17.7. The Morgan fingerprint density at radius 1 is 1.24 bits per heavy atom. The van der Waals surface area contributed by atoms with Gasteiger partial charge in [-0.2, -0.15) is 0 Å². The highest BCUT2D eigenvalue weighted by Crippen LogP contribution is 2.43. The molecule has 25 heavy (non-hydrogen) atoms. The lowest BCUT2D eigenvalue weighted by atomic mass is 9.71. The zero-order valence-electron chi connectivity index (χ0n) is 14.1. The van der Waals surface area contributed by atoms with Crippen LogP contribution in [-0.4, -0.2) is 32.7 Å². The summed E-state index contributed by atoms with van der Waals surface area (Å²) in [7, 11) is 1.72. The number of nitrogens with one attached hydrogen (secondary N) is 1. The molecule has 2 N–H and O–H groups in total. The minimum Gasteiger partial charge on any atom is -0.396 e. The fraction of sp³-hybridized carbons (Fsp3) is 0.500. The van der Waals surface area contributed by atoms with Crippen LogP contribution in [0.15, 0.2) is 23.0 Å². The standard InChI is InChI=1S/C18H21N3O4/c1-20-16-12(11-7-10(8-11)9-22)3-2-4-13(16)21(18(20)25)14-5-6-15(23)19-17(14)24/h2-4,10-11,14,22H,5-9H2,1H3,(H,19,23,24). The van der Waals surface area contributed by atoms with E-state index in [9.17, 15) is 19.5 Å². The molecule has 1 aromatic heterocycles. The number of aryl methyl sites for hydroxylation is 1. The first-order valence-electron chi connectivity index (χ1n) is 8.65. The van der Waals surface area contributed by atoms with Crippen LogP contribution in [-0.2, 0) is 16.6 Å². The second kappa shape index (κ2) is 5.84. The fourth-order valence-corrected chi connectivity index (χ4v) is 4.17. The number of imide groups is 1. The van der Waals surface area contributed by atoms with E-state index in [-0.39, 0.29) is 24.6 Å². The summed E-state index contributed by atoms with van der Waals surface area (Å²) in [5.41, 5.74) is 2.42. The van der Waals surface area contributed by atoms with E-state index in [0.717, 1.165) is 29.4 Å². The van der Waals surface area contributed by atoms with Gasteiger partial charge in [0.2, 0.25) is 11.8 Å². The van der Waals surface area contributed by atoms with Crippen LogP contribution in [0.4, 0.5) is 0 Å². The summed E-state index contributed by atoms with van der Waals surface area (Å²) in [4.78, 5) is 36.5. The molecule has 1 aromatic carbocycles. The molecule has 2 aliphatic rings. The van der Waals surface area contributed by atoms with E-state index >= 15 is 0 Å². The van der Waals surface area contributed by atoms with Crippen molar-refractivity contribution in [1.82, 2.24) is 14.5 Å². The van der Waals surface area contributed by atoms with E-state index < -0.39 is 11.9 Å². The van der Waals surface area contributed by atoms with Gasteiger partial charge in [0.15, 0.2) is 0 Å². The number of carbonyl (C=O) groups excluding carboxylic acids is 2. The van der Waals surface area contributed by atoms with Crippen LogP contribution >= 0.6 is 0 Å². The summed E-state index contributed by atoms with van der Waals surface area (Å²) < 4.78 is 3.11. The molecule has 7 heteroatoms. The maximum Gasteiger partial charge on any atom is 0.329 e. The van der Waals surface area contributed by atoms with Gasteiger partial charge < -0.3 is 5.11 Å². The molecule has 1 saturated heterocycles. The first-order valence-corrected chi connectivity index (χ1v) is 8.65. The van der Waals surface area contributed by atoms with E-state index in [0.29, 0.717) is 18.3 Å². The average Bonchev–Trinajstić information content (AvgIpc) is 2.79. The van der Waals surface area contributed by atoms with Gasteiger partial charge in [-0.1, -0.05) is 12.1 Å². The van der Waals surface area contributed by atoms with Gasteiger partial charge in [0, 0.05) is 20.1 Å². The molecule has 2 heterocycles. The maximum absolute atomic E-state index is 12.8. The number of carbonyl (C=O) groups is 2. The third kappa shape index (κ3) is 2.41. The summed E-state index contributed by atoms with van der Waals surface area (Å²) in [6.07, 6.45) is 2.39. The van der Waals surface area contributed by atoms with Gasteiger partial charge in [0.25, 0.3) is 0 Å². The third-order valence-corrected chi connectivity index (χ3v) is 5.59. The van der Waals surface area contributed by atoms with Gasteiger partial charge in [0.1, 0.15) is 6.04 Å². The molecule has 1 unspecified atom stereocenters. The molecular weight excluding hydrogens is 322 g/mol. The second-order valence-corrected chi connectivity index (χ2v) is 7.11. The Balaban J connectivity index is 1.82. The van der Waals surface area contributed by atoms with Crippen LogP contribution in [0.25, 0.3) is 11.0 Å². The lowest BCUT2D eigenvalue weighted by Gasteiger charge is -2.34. The van der Waals surface area contributed by atoms with E-state index in [2.05, 4.69) is 5.32 Å². The molecule has 132 valence electrons. The van der Waals surface area contributed by atoms with Crippen LogP contribution in [0, 0.1) is 5.92 Å². The molecule has 0 spiro atoms. The van der Waals surface area contributed by atoms with Gasteiger partial charge in [-0.3, -0.25) is 24.0 Å². The Morgan fingerprint density at radius 2 is 2.00 bits per heavy atom. The van der Waals surface area contributed by atoms with Crippen molar-refractivity contribution < 1.29 is 14.7 Å². The first kappa shape index (κ1) is 16.1. The molecule has 2 amide bonds. The minimum absolute atomic E-state index is 0.197. The average molecular weight is 343 g/mol. The molecule has 0 bridgehead atoms. The maximum atomic E-state index is 12.8. The van der Waals surface area contributed by atoms with Crippen molar-refractivity contribution in [3.63, 3.8) is 0 Å². The number of piperidine rings is 1. The molecule has 4 rings (SSSR count). The molecular formula is C18H21N3O4. The van der Waals surface area contributed by atoms with Crippen molar-refractivity contribution in [3.05, 3.63) is 34.2 Å². The number of imidazole rings is 1. The van der Waals surface area contributed by atoms with E-state index in [1.165, 1.54) is 4.57 Å². The van der Waals surface area contributed by atoms with E-state index in [4.69, 9.17) is 0 Å². The predicted octanol–water partition coefficient (Wildman–Crippen LogP) is 0.804. The van der Waals surface area contributed by atoms with Crippen molar-refractivity contribution in [3.8, 4) is 0 Å². The quantitative estimate of drug-likeness (QED) is 0.806. The Bertz CT molecular complexity index is 920. The number of amides is 2. The third-order valence-electron chi connectivity index (χ3n) is 5.59. The predicted molar refractivity (Wildman–Crippen MR) is 91.2 cm³/mol. The van der Waals surface area contributed by atoms with E-state index in [1.54, 1.807) is 11.6 Å². The van der Waals surface area contributed by atoms with Crippen LogP contribution in [0.3, 0.4) is 0 Å². The van der Waals surface area contributed by atoms with Gasteiger partial charge >= 0.3 is 5.69 Å². The molecule has 2 aromatic rings. The van der Waals surface area contributed by atoms with Crippen molar-refractivity contribution in [1.29, 1.82) is 0 Å². The van der Waals surface area contributed by atoms with Crippen LogP contribution in [0.2, 0.25) is 0 Å². The highest BCUT2D eigenvalue weighted by atomic mass is 16.3. The van der Waals surface area contributed by atoms with Crippen molar-refractivity contribution in [2.45, 2.75) is 37.6 Å². The molecule has 0 radical (unpaired) electrons. The second-order valence-electron chi connectivity index (χ2n) is 7.11. The SMILES string of the molecule is Cn1c(=O)n(C2CCC(=O)NC2=O)c2cccc(C3CC(CO)C3)c21. The van der Waals surface area contributed by atoms with Gasteiger partial charge in [0.05, 0.1) is 11.0 Å². The number of rotatable bonds is 3. The number of benzene rings is 1. The molecule has 2 fully saturated rings. The number of nitrogens with zero attached hydrogens (tertiary/aromatic N) is 2. The van der Waals surface area contributed by atoms with Gasteiger partial charge in [-0.25, -0.2) is 4.79 Å². The molecule has 1 aliphatic heterocycles. The monoisotopic (exact) mass is 343 g/mol. The lowest BCUT2D eigenvalue weighted by Crippen LogP contribution is -2.44. The highest BCUT2D eigenvalue weighted by molar-refractivity contribution is 6.00. The molecule has 1 aliphatic carbocycles. The Hall–Kier alpha value is -2.41. The highest BCUT2D eigenvalue weighted by Gasteiger charge is 2.34. The summed E-state index contributed by atoms with van der Waals surface area (Å²) in [6, 6.07) is 5.13. The van der Waals surface area contributed by atoms with Gasteiger partial charge in [-0.15, -0.1) is 0 Å². The van der Waals surface area contributed by atoms with Crippen molar-refractivity contribution in [2.75, 3.05) is 6.61 Å². The largest absolute Gasteiger partial charge is 0.396 e. The Kier molecular flexibility index (Phi) is 3.76. The number of aliphatic hydroxyl groups is 1. The number of aliphatic hydroxyl groups excluding tert-OH is 1. The Morgan fingerprint density at radius 3 is 2.68 bits per heavy atom. The first-order chi connectivity index (χ1) is 12.0. The normalized spacial score (nSPS) is 26.6. The molecule has 7 nitrogen and oxygen atoms in total. The topological polar surface area (TPSA) is 93.3 Å². The summed E-state index contributed by atoms with van der Waals surface area (Å²) in [6.45, 7) is 0.197. The summed E-state index contributed by atoms with van der Waals surface area (Å²) in [5, 5.41) is 11.6. The number of hydrogen-bond donors (Lipinski definition) is 2. The summed E-state index contributed by atoms with van der Waals surface area (Å²) in [5.74, 6) is -0.0569. The lowest BCUT2D eigenvalue weighted by molar-refractivity contribution is -0.135. The van der Waals surface area contributed by atoms with Crippen LogP contribution in [0.5, 0.6) is 0 Å². The van der Waals surface area contributed by atoms with Crippen molar-refractivity contribution in [2.24, 2.45) is 13.0 Å². The van der Waals surface area contributed by atoms with Crippen molar-refractivity contribution >= 4 is 22.8 Å².